The van der Waals surface area contributed by atoms with E-state index in [1.54, 1.807) is 6.92 Å². The quantitative estimate of drug-likeness (QED) is 0.490. The monoisotopic (exact) mass is 108 g/mol. The van der Waals surface area contributed by atoms with Crippen LogP contribution in [-0.2, 0) is 4.74 Å². The molecule has 3 heteroatoms. The van der Waals surface area contributed by atoms with Crippen LogP contribution >= 0.6 is 0 Å². The molecular weight excluding hydrogens is 102 g/mol. The van der Waals surface area contributed by atoms with E-state index in [0.29, 0.717) is 0 Å². The Morgan fingerprint density at radius 1 is 1.57 bits per heavy atom. The zero-order valence-corrected chi connectivity index (χ0v) is 3.90. The van der Waals surface area contributed by atoms with E-state index in [-0.39, 0.29) is 0 Å². The second-order valence-corrected chi connectivity index (χ2v) is 0.866. The highest BCUT2D eigenvalue weighted by atomic mass is 19.3. The van der Waals surface area contributed by atoms with Crippen molar-refractivity contribution in [3.05, 3.63) is 12.3 Å². The minimum Gasteiger partial charge on any atom is -0.443 e. The molecule has 0 fully saturated rings. The van der Waals surface area contributed by atoms with Crippen molar-refractivity contribution in [2.24, 2.45) is 0 Å². The number of hydrogen-bond donors (Lipinski definition) is 0. The van der Waals surface area contributed by atoms with E-state index in [4.69, 9.17) is 0 Å². The molecule has 0 aliphatic carbocycles. The van der Waals surface area contributed by atoms with E-state index in [2.05, 4.69) is 4.74 Å². The van der Waals surface area contributed by atoms with Crippen molar-refractivity contribution >= 4 is 0 Å². The molecule has 0 aliphatic rings. The minimum absolute atomic E-state index is 0.949. The molecule has 0 aromatic heterocycles. The number of alkyl halides is 2. The van der Waals surface area contributed by atoms with E-state index in [0.717, 1.165) is 6.26 Å². The van der Waals surface area contributed by atoms with Gasteiger partial charge in [-0.05, 0) is 6.92 Å². The molecule has 7 heavy (non-hydrogen) atoms. The molecule has 0 saturated carbocycles. The van der Waals surface area contributed by atoms with E-state index in [1.807, 2.05) is 0 Å². The highest BCUT2D eigenvalue weighted by Crippen LogP contribution is 1.93. The minimum atomic E-state index is -2.68. The lowest BCUT2D eigenvalue weighted by atomic mass is 10.7. The average Bonchev–Trinajstić information content (AvgIpc) is 1.61. The molecule has 0 bridgehead atoms. The maximum atomic E-state index is 10.9. The summed E-state index contributed by atoms with van der Waals surface area (Å²) in [6.07, 6.45) is 2.34. The largest absolute Gasteiger partial charge is 0.443 e. The van der Waals surface area contributed by atoms with Crippen LogP contribution in [0, 0.1) is 0 Å². The van der Waals surface area contributed by atoms with Crippen molar-refractivity contribution in [3.8, 4) is 0 Å². The number of ether oxygens (including phenoxy) is 1. The summed E-state index contributed by atoms with van der Waals surface area (Å²) < 4.78 is 25.6. The molecule has 0 saturated heterocycles. The van der Waals surface area contributed by atoms with Crippen LogP contribution in [-0.4, -0.2) is 6.61 Å². The molecule has 0 unspecified atom stereocenters. The Morgan fingerprint density at radius 2 is 2.14 bits per heavy atom. The summed E-state index contributed by atoms with van der Waals surface area (Å²) in [5.41, 5.74) is 0. The van der Waals surface area contributed by atoms with Gasteiger partial charge >= 0.3 is 6.61 Å². The van der Waals surface area contributed by atoms with E-state index in [1.165, 1.54) is 6.08 Å². The molecule has 0 amide bonds. The Morgan fingerprint density at radius 3 is 2.29 bits per heavy atom. The van der Waals surface area contributed by atoms with Gasteiger partial charge < -0.3 is 4.74 Å². The van der Waals surface area contributed by atoms with Gasteiger partial charge in [0.1, 0.15) is 0 Å². The number of rotatable bonds is 2. The second-order valence-electron chi connectivity index (χ2n) is 0.866. The molecule has 0 N–H and O–H groups in total. The topological polar surface area (TPSA) is 9.23 Å². The van der Waals surface area contributed by atoms with Gasteiger partial charge in [0.05, 0.1) is 6.26 Å². The van der Waals surface area contributed by atoms with Gasteiger partial charge in [-0.15, -0.1) is 0 Å². The number of hydrogen-bond acceptors (Lipinski definition) is 1. The van der Waals surface area contributed by atoms with Crippen LogP contribution in [0.25, 0.3) is 0 Å². The molecule has 0 spiro atoms. The van der Waals surface area contributed by atoms with Crippen molar-refractivity contribution in [2.45, 2.75) is 13.5 Å². The van der Waals surface area contributed by atoms with Crippen molar-refractivity contribution in [1.29, 1.82) is 0 Å². The van der Waals surface area contributed by atoms with Crippen LogP contribution in [0.15, 0.2) is 12.3 Å². The third-order valence-electron chi connectivity index (χ3n) is 0.318. The standard InChI is InChI=1S/C4H6F2O/c1-2-3-7-4(5)6/h2-4H,1H3/b3-2-. The third kappa shape index (κ3) is 5.40. The zero-order chi connectivity index (χ0) is 5.70. The lowest BCUT2D eigenvalue weighted by molar-refractivity contribution is -0.0830. The van der Waals surface area contributed by atoms with Crippen LogP contribution in [0.4, 0.5) is 8.78 Å². The van der Waals surface area contributed by atoms with Gasteiger partial charge in [-0.3, -0.25) is 0 Å². The van der Waals surface area contributed by atoms with Gasteiger partial charge in [-0.2, -0.15) is 8.78 Å². The summed E-state index contributed by atoms with van der Waals surface area (Å²) in [6.45, 7) is -1.08. The smallest absolute Gasteiger partial charge is 0.386 e. The average molecular weight is 108 g/mol. The molecule has 0 aliphatic heterocycles. The first-order chi connectivity index (χ1) is 3.27. The van der Waals surface area contributed by atoms with E-state index >= 15 is 0 Å². The lowest BCUT2D eigenvalue weighted by Gasteiger charge is -1.92. The molecule has 0 radical (unpaired) electrons. The molecule has 42 valence electrons. The third-order valence-corrected chi connectivity index (χ3v) is 0.318. The summed E-state index contributed by atoms with van der Waals surface area (Å²) in [5, 5.41) is 0. The molecule has 1 nitrogen and oxygen atoms in total. The van der Waals surface area contributed by atoms with Crippen molar-refractivity contribution in [2.75, 3.05) is 0 Å². The fraction of sp³-hybridized carbons (Fsp3) is 0.500. The lowest BCUT2D eigenvalue weighted by Crippen LogP contribution is -1.88. The Balaban J connectivity index is 2.97. The van der Waals surface area contributed by atoms with Crippen LogP contribution in [0.2, 0.25) is 0 Å². The molecule has 0 rings (SSSR count). The molecule has 0 heterocycles. The van der Waals surface area contributed by atoms with Crippen molar-refractivity contribution in [1.82, 2.24) is 0 Å². The number of halogens is 2. The Hall–Kier alpha value is -0.600. The summed E-state index contributed by atoms with van der Waals surface area (Å²) in [6, 6.07) is 0. The van der Waals surface area contributed by atoms with Crippen LogP contribution < -0.4 is 0 Å². The summed E-state index contributed by atoms with van der Waals surface area (Å²) >= 11 is 0. The molecule has 0 atom stereocenters. The summed E-state index contributed by atoms with van der Waals surface area (Å²) in [5.74, 6) is 0. The molecule has 0 aromatic carbocycles. The molecular formula is C4H6F2O. The van der Waals surface area contributed by atoms with Gasteiger partial charge in [0.15, 0.2) is 0 Å². The highest BCUT2D eigenvalue weighted by Gasteiger charge is 1.93. The van der Waals surface area contributed by atoms with Crippen LogP contribution in [0.1, 0.15) is 6.92 Å². The Bertz CT molecular complexity index is 60.7. The maximum Gasteiger partial charge on any atom is 0.386 e. The molecule has 0 aromatic rings. The van der Waals surface area contributed by atoms with Crippen LogP contribution in [0.3, 0.4) is 0 Å². The predicted octanol–water partition coefficient (Wildman–Crippen LogP) is 1.76. The van der Waals surface area contributed by atoms with Crippen LogP contribution in [0.5, 0.6) is 0 Å². The fourth-order valence-corrected chi connectivity index (χ4v) is 0.138. The summed E-state index contributed by atoms with van der Waals surface area (Å²) in [7, 11) is 0. The predicted molar refractivity (Wildman–Crippen MR) is 21.9 cm³/mol. The Labute approximate surface area is 40.6 Å². The van der Waals surface area contributed by atoms with Crippen molar-refractivity contribution < 1.29 is 13.5 Å². The fourth-order valence-electron chi connectivity index (χ4n) is 0.138. The first kappa shape index (κ1) is 6.40. The number of allylic oxidation sites excluding steroid dienone is 1. The first-order valence-corrected chi connectivity index (χ1v) is 1.82. The van der Waals surface area contributed by atoms with Gasteiger partial charge in [-0.25, -0.2) is 0 Å². The van der Waals surface area contributed by atoms with Gasteiger partial charge in [0.25, 0.3) is 0 Å². The Kier molecular flexibility index (Phi) is 3.28. The van der Waals surface area contributed by atoms with E-state index in [9.17, 15) is 8.78 Å². The zero-order valence-electron chi connectivity index (χ0n) is 3.90. The van der Waals surface area contributed by atoms with Crippen molar-refractivity contribution in [3.63, 3.8) is 0 Å². The normalized spacial score (nSPS) is 10.9. The highest BCUT2D eigenvalue weighted by molar-refractivity contribution is 4.64. The van der Waals surface area contributed by atoms with Gasteiger partial charge in [0.2, 0.25) is 0 Å². The SMILES string of the molecule is C/C=C\OC(F)F. The van der Waals surface area contributed by atoms with Gasteiger partial charge in [0, 0.05) is 0 Å². The van der Waals surface area contributed by atoms with E-state index < -0.39 is 6.61 Å². The summed E-state index contributed by atoms with van der Waals surface area (Å²) in [4.78, 5) is 0. The second kappa shape index (κ2) is 3.59. The first-order valence-electron chi connectivity index (χ1n) is 1.82. The van der Waals surface area contributed by atoms with Gasteiger partial charge in [-0.1, -0.05) is 6.08 Å². The maximum absolute atomic E-state index is 10.9.